The van der Waals surface area contributed by atoms with E-state index >= 15 is 0 Å². The minimum Gasteiger partial charge on any atom is -0.487 e. The highest BCUT2D eigenvalue weighted by molar-refractivity contribution is 5.77. The average molecular weight is 570 g/mol. The molecule has 0 bridgehead atoms. The first kappa shape index (κ1) is 28.1. The molecule has 4 aromatic rings. The van der Waals surface area contributed by atoms with Crippen LogP contribution in [0.3, 0.4) is 0 Å². The zero-order valence-electron chi connectivity index (χ0n) is 24.9. The Bertz CT molecular complexity index is 1720. The highest BCUT2D eigenvalue weighted by atomic mass is 16.5. The molecule has 1 aliphatic carbocycles. The van der Waals surface area contributed by atoms with Gasteiger partial charge >= 0.3 is 0 Å². The van der Waals surface area contributed by atoms with Crippen LogP contribution in [0.15, 0.2) is 54.0 Å². The molecule has 1 saturated heterocycles. The molecule has 0 unspecified atom stereocenters. The van der Waals surface area contributed by atoms with Crippen LogP contribution in [0.1, 0.15) is 56.4 Å². The van der Waals surface area contributed by atoms with Crippen LogP contribution in [0, 0.1) is 6.92 Å². The summed E-state index contributed by atoms with van der Waals surface area (Å²) in [5, 5.41) is 14.9. The maximum atomic E-state index is 13.4. The summed E-state index contributed by atoms with van der Waals surface area (Å²) in [6.07, 6.45) is 7.16. The number of rotatable bonds is 8. The summed E-state index contributed by atoms with van der Waals surface area (Å²) in [7, 11) is 2.15. The Morgan fingerprint density at radius 2 is 1.95 bits per heavy atom. The first-order valence-electron chi connectivity index (χ1n) is 14.7. The number of fused-ring (bicyclic) bond motifs is 2. The van der Waals surface area contributed by atoms with Crippen LogP contribution in [0.25, 0.3) is 16.9 Å². The topological polar surface area (TPSA) is 110 Å². The van der Waals surface area contributed by atoms with Gasteiger partial charge in [0.2, 0.25) is 5.95 Å². The van der Waals surface area contributed by atoms with Gasteiger partial charge in [0.1, 0.15) is 22.3 Å². The number of allylic oxidation sites excluding steroid dienone is 1. The summed E-state index contributed by atoms with van der Waals surface area (Å²) in [5.41, 5.74) is 2.57. The van der Waals surface area contributed by atoms with Crippen molar-refractivity contribution in [1.82, 2.24) is 29.2 Å². The van der Waals surface area contributed by atoms with E-state index in [4.69, 9.17) is 14.7 Å². The molecule has 0 saturated carbocycles. The van der Waals surface area contributed by atoms with Crippen molar-refractivity contribution in [3.63, 3.8) is 0 Å². The van der Waals surface area contributed by atoms with E-state index in [1.165, 1.54) is 0 Å². The number of nitrogens with one attached hydrogen (secondary N) is 1. The second-order valence-corrected chi connectivity index (χ2v) is 11.9. The molecule has 0 radical (unpaired) electrons. The summed E-state index contributed by atoms with van der Waals surface area (Å²) in [6.45, 7) is 12.3. The number of pyridine rings is 1. The molecular formula is C32H39N7O3. The first-order valence-corrected chi connectivity index (χ1v) is 14.7. The number of anilines is 2. The van der Waals surface area contributed by atoms with Crippen LogP contribution in [-0.2, 0) is 18.6 Å². The van der Waals surface area contributed by atoms with E-state index in [-0.39, 0.29) is 17.7 Å². The van der Waals surface area contributed by atoms with Crippen molar-refractivity contribution in [3.05, 3.63) is 76.4 Å². The molecular weight excluding hydrogens is 530 g/mol. The molecule has 10 nitrogen and oxygen atoms in total. The molecule has 1 fully saturated rings. The second-order valence-electron chi connectivity index (χ2n) is 11.9. The van der Waals surface area contributed by atoms with Crippen molar-refractivity contribution >= 4 is 22.7 Å². The van der Waals surface area contributed by atoms with Gasteiger partial charge in [-0.05, 0) is 88.4 Å². The maximum absolute atomic E-state index is 13.4. The quantitative estimate of drug-likeness (QED) is 0.296. The monoisotopic (exact) mass is 569 g/mol. The summed E-state index contributed by atoms with van der Waals surface area (Å²) in [6, 6.07) is 9.82. The Morgan fingerprint density at radius 3 is 2.67 bits per heavy atom. The van der Waals surface area contributed by atoms with E-state index in [2.05, 4.69) is 35.8 Å². The lowest BCUT2D eigenvalue weighted by Crippen LogP contribution is -2.44. The second kappa shape index (κ2) is 10.7. The lowest BCUT2D eigenvalue weighted by Gasteiger charge is -2.38. The van der Waals surface area contributed by atoms with Crippen LogP contribution >= 0.6 is 0 Å². The van der Waals surface area contributed by atoms with Crippen LogP contribution in [0.4, 0.5) is 11.6 Å². The fraction of sp³-hybridized carbons (Fsp3) is 0.438. The van der Waals surface area contributed by atoms with Gasteiger partial charge in [0.05, 0.1) is 12.2 Å². The van der Waals surface area contributed by atoms with Crippen LogP contribution in [0.2, 0.25) is 0 Å². The number of aliphatic hydroxyl groups is 1. The number of hydrogen-bond acceptors (Lipinski definition) is 8. The smallest absolute Gasteiger partial charge is 0.278 e. The lowest BCUT2D eigenvalue weighted by atomic mass is 9.93. The van der Waals surface area contributed by atoms with Crippen LogP contribution in [-0.4, -0.2) is 60.1 Å². The number of nitrogens with zero attached hydrogens (tertiary/aromatic N) is 6. The minimum atomic E-state index is -0.974. The third-order valence-electron chi connectivity index (χ3n) is 8.82. The fourth-order valence-corrected chi connectivity index (χ4v) is 6.04. The maximum Gasteiger partial charge on any atom is 0.278 e. The van der Waals surface area contributed by atoms with Gasteiger partial charge in [-0.2, -0.15) is 4.98 Å². The van der Waals surface area contributed by atoms with E-state index in [0.717, 1.165) is 54.9 Å². The Kier molecular flexibility index (Phi) is 7.14. The van der Waals surface area contributed by atoms with Gasteiger partial charge in [0, 0.05) is 25.0 Å². The molecule has 1 aromatic carbocycles. The van der Waals surface area contributed by atoms with Crippen LogP contribution in [0.5, 0.6) is 5.75 Å². The third kappa shape index (κ3) is 4.98. The number of piperidine rings is 1. The zero-order chi connectivity index (χ0) is 29.6. The predicted molar refractivity (Wildman–Crippen MR) is 164 cm³/mol. The highest BCUT2D eigenvalue weighted by Gasteiger charge is 2.37. The van der Waals surface area contributed by atoms with Gasteiger partial charge < -0.3 is 20.1 Å². The molecule has 2 aliphatic rings. The first-order chi connectivity index (χ1) is 20.1. The van der Waals surface area contributed by atoms with Gasteiger partial charge in [0.25, 0.3) is 5.56 Å². The number of likely N-dealkylation sites (tertiary alicyclic amines) is 1. The average Bonchev–Trinajstić information content (AvgIpc) is 3.45. The van der Waals surface area contributed by atoms with Crippen molar-refractivity contribution < 1.29 is 9.84 Å². The fourth-order valence-electron chi connectivity index (χ4n) is 6.04. The molecule has 10 heteroatoms. The van der Waals surface area contributed by atoms with Gasteiger partial charge in [-0.3, -0.25) is 4.79 Å². The van der Waals surface area contributed by atoms with E-state index < -0.39 is 5.60 Å². The molecule has 1 aliphatic heterocycles. The van der Waals surface area contributed by atoms with Crippen molar-refractivity contribution in [1.29, 1.82) is 0 Å². The molecule has 1 atom stereocenters. The molecule has 4 heterocycles. The number of aryl methyl sites for hydroxylation is 2. The number of hydrogen-bond donors (Lipinski definition) is 2. The van der Waals surface area contributed by atoms with Crippen LogP contribution < -0.4 is 15.6 Å². The number of benzene rings is 1. The standard InChI is InChI=1S/C32H39N7O3/c1-6-16-38-29(40)24-20-33-30(34-23-9-10-25(21(3)19-23)42-31(4)14-17-37(5)18-15-31)36-28(24)39(38)26-11-8-22-12-13-32(41,7-2)27(22)35-26/h6,8-11,19-20,41H,1,7,12-18H2,2-5H3,(H,33,34,36)/t32-/m1/s1. The number of aromatic nitrogens is 5. The third-order valence-corrected chi connectivity index (χ3v) is 8.82. The van der Waals surface area contributed by atoms with E-state index in [9.17, 15) is 9.90 Å². The number of ether oxygens (including phenoxy) is 1. The summed E-state index contributed by atoms with van der Waals surface area (Å²) >= 11 is 0. The van der Waals surface area contributed by atoms with E-state index in [1.807, 2.05) is 44.2 Å². The van der Waals surface area contributed by atoms with Crippen molar-refractivity contribution in [2.24, 2.45) is 0 Å². The van der Waals surface area contributed by atoms with Gasteiger partial charge in [-0.25, -0.2) is 19.3 Å². The van der Waals surface area contributed by atoms with Crippen molar-refractivity contribution in [3.8, 4) is 11.6 Å². The molecule has 6 rings (SSSR count). The largest absolute Gasteiger partial charge is 0.487 e. The summed E-state index contributed by atoms with van der Waals surface area (Å²) in [4.78, 5) is 29.8. The lowest BCUT2D eigenvalue weighted by molar-refractivity contribution is 0.0235. The van der Waals surface area contributed by atoms with Gasteiger partial charge in [-0.1, -0.05) is 19.1 Å². The highest BCUT2D eigenvalue weighted by Crippen LogP contribution is 2.38. The molecule has 0 spiro atoms. The predicted octanol–water partition coefficient (Wildman–Crippen LogP) is 4.62. The Labute approximate surface area is 245 Å². The van der Waals surface area contributed by atoms with Crippen molar-refractivity contribution in [2.45, 2.75) is 70.6 Å². The van der Waals surface area contributed by atoms with E-state index in [1.54, 1.807) is 21.6 Å². The Hall–Kier alpha value is -4.02. The summed E-state index contributed by atoms with van der Waals surface area (Å²) < 4.78 is 9.73. The molecule has 42 heavy (non-hydrogen) atoms. The molecule has 2 N–H and O–H groups in total. The molecule has 220 valence electrons. The van der Waals surface area contributed by atoms with Crippen molar-refractivity contribution in [2.75, 3.05) is 25.5 Å². The van der Waals surface area contributed by atoms with E-state index in [0.29, 0.717) is 41.3 Å². The normalized spacial score (nSPS) is 20.0. The zero-order valence-corrected chi connectivity index (χ0v) is 24.9. The molecule has 0 amide bonds. The Morgan fingerprint density at radius 1 is 1.17 bits per heavy atom. The van der Waals surface area contributed by atoms with Gasteiger partial charge in [-0.15, -0.1) is 6.58 Å². The SMILES string of the molecule is C=CCn1c(=O)c2cnc(Nc3ccc(OC4(C)CCN(C)CC4)c(C)c3)nc2n1-c1ccc2c(n1)[C@@](O)(CC)CC2. The summed E-state index contributed by atoms with van der Waals surface area (Å²) in [5.74, 6) is 1.74. The minimum absolute atomic E-state index is 0.180. The Balaban J connectivity index is 1.34. The van der Waals surface area contributed by atoms with Gasteiger partial charge in [0.15, 0.2) is 11.5 Å². The molecule has 3 aromatic heterocycles.